The summed E-state index contributed by atoms with van der Waals surface area (Å²) >= 11 is 1.48. The maximum Gasteiger partial charge on any atom is 0.220 e. The number of H-pyrrole nitrogens is 1. The van der Waals surface area contributed by atoms with Crippen LogP contribution in [0.3, 0.4) is 0 Å². The quantitative estimate of drug-likeness (QED) is 0.697. The van der Waals surface area contributed by atoms with E-state index in [2.05, 4.69) is 30.5 Å². The number of fused-ring (bicyclic) bond motifs is 1. The molecule has 0 fully saturated rings. The minimum Gasteiger partial charge on any atom is -0.350 e. The molecule has 7 nitrogen and oxygen atoms in total. The van der Waals surface area contributed by atoms with E-state index in [1.165, 1.54) is 35.4 Å². The summed E-state index contributed by atoms with van der Waals surface area (Å²) in [5.41, 5.74) is 4.45. The molecule has 0 unspecified atom stereocenters. The van der Waals surface area contributed by atoms with Crippen molar-refractivity contribution in [2.45, 2.75) is 45.1 Å². The molecule has 1 aliphatic carbocycles. The largest absolute Gasteiger partial charge is 0.350 e. The number of nitrogens with zero attached hydrogens (tertiary/aromatic N) is 4. The molecule has 0 spiro atoms. The average Bonchev–Trinajstić information content (AvgIpc) is 3.33. The monoisotopic (exact) mass is 368 g/mol. The highest BCUT2D eigenvalue weighted by molar-refractivity contribution is 7.13. The van der Waals surface area contributed by atoms with Gasteiger partial charge in [-0.05, 0) is 37.3 Å². The Labute approximate surface area is 155 Å². The van der Waals surface area contributed by atoms with Gasteiger partial charge in [-0.1, -0.05) is 0 Å². The summed E-state index contributed by atoms with van der Waals surface area (Å²) in [5.74, 6) is 0.626. The number of carbonyl (C=O) groups excluding carboxylic acids is 1. The van der Waals surface area contributed by atoms with Gasteiger partial charge in [-0.25, -0.2) is 15.0 Å². The number of nitrogens with one attached hydrogen (secondary N) is 2. The van der Waals surface area contributed by atoms with Gasteiger partial charge in [0.1, 0.15) is 0 Å². The molecule has 3 aromatic rings. The number of amides is 1. The summed E-state index contributed by atoms with van der Waals surface area (Å²) in [4.78, 5) is 25.0. The second kappa shape index (κ2) is 7.74. The third kappa shape index (κ3) is 3.80. The highest BCUT2D eigenvalue weighted by Gasteiger charge is 2.17. The van der Waals surface area contributed by atoms with E-state index in [-0.39, 0.29) is 5.91 Å². The van der Waals surface area contributed by atoms with E-state index in [0.717, 1.165) is 29.2 Å². The van der Waals surface area contributed by atoms with Crippen LogP contribution in [-0.2, 0) is 30.6 Å². The number of aryl methyl sites for hydroxylation is 2. The third-order valence-corrected chi connectivity index (χ3v) is 5.39. The summed E-state index contributed by atoms with van der Waals surface area (Å²) in [6, 6.07) is 1.77. The zero-order chi connectivity index (χ0) is 17.8. The molecular formula is C18H20N6OS. The van der Waals surface area contributed by atoms with Crippen LogP contribution in [0.25, 0.3) is 10.8 Å². The molecule has 0 saturated heterocycles. The van der Waals surface area contributed by atoms with E-state index < -0.39 is 0 Å². The molecule has 0 aliphatic heterocycles. The highest BCUT2D eigenvalue weighted by Crippen LogP contribution is 2.23. The van der Waals surface area contributed by atoms with E-state index in [1.807, 2.05) is 5.38 Å². The van der Waals surface area contributed by atoms with Crippen LogP contribution in [0.2, 0.25) is 0 Å². The fourth-order valence-corrected chi connectivity index (χ4v) is 3.93. The molecule has 1 aliphatic rings. The molecule has 2 N–H and O–H groups in total. The van der Waals surface area contributed by atoms with Gasteiger partial charge in [0, 0.05) is 36.3 Å². The van der Waals surface area contributed by atoms with Crippen molar-refractivity contribution in [3.05, 3.63) is 46.5 Å². The second-order valence-electron chi connectivity index (χ2n) is 6.33. The molecule has 4 rings (SSSR count). The van der Waals surface area contributed by atoms with Crippen molar-refractivity contribution in [3.8, 4) is 10.8 Å². The number of carbonyl (C=O) groups is 1. The summed E-state index contributed by atoms with van der Waals surface area (Å²) in [6.45, 7) is 0.417. The summed E-state index contributed by atoms with van der Waals surface area (Å²) in [6.07, 6.45) is 9.09. The number of aromatic nitrogens is 5. The number of aromatic amines is 1. The number of rotatable bonds is 6. The Morgan fingerprint density at radius 1 is 1.23 bits per heavy atom. The van der Waals surface area contributed by atoms with Crippen LogP contribution >= 0.6 is 11.3 Å². The van der Waals surface area contributed by atoms with E-state index in [9.17, 15) is 4.79 Å². The predicted octanol–water partition coefficient (Wildman–Crippen LogP) is 2.45. The van der Waals surface area contributed by atoms with Crippen molar-refractivity contribution in [2.75, 3.05) is 0 Å². The smallest absolute Gasteiger partial charge is 0.220 e. The molecule has 0 radical (unpaired) electrons. The Balaban J connectivity index is 1.28. The Kier molecular flexibility index (Phi) is 5.01. The van der Waals surface area contributed by atoms with Crippen LogP contribution in [0.5, 0.6) is 0 Å². The zero-order valence-electron chi connectivity index (χ0n) is 14.4. The van der Waals surface area contributed by atoms with Gasteiger partial charge in [0.05, 0.1) is 17.9 Å². The lowest BCUT2D eigenvalue weighted by Gasteiger charge is -2.11. The fraction of sp³-hybridized carbons (Fsp3) is 0.389. The van der Waals surface area contributed by atoms with Gasteiger partial charge in [0.2, 0.25) is 5.91 Å². The second-order valence-corrected chi connectivity index (χ2v) is 7.19. The van der Waals surface area contributed by atoms with E-state index in [0.29, 0.717) is 25.2 Å². The van der Waals surface area contributed by atoms with Crippen LogP contribution in [0.15, 0.2) is 23.8 Å². The van der Waals surface area contributed by atoms with Crippen LogP contribution < -0.4 is 5.32 Å². The topological polar surface area (TPSA) is 96.5 Å². The van der Waals surface area contributed by atoms with Gasteiger partial charge >= 0.3 is 0 Å². The zero-order valence-corrected chi connectivity index (χ0v) is 15.2. The van der Waals surface area contributed by atoms with Crippen molar-refractivity contribution in [2.24, 2.45) is 0 Å². The first-order chi connectivity index (χ1) is 12.8. The van der Waals surface area contributed by atoms with Gasteiger partial charge in [-0.15, -0.1) is 11.3 Å². The predicted molar refractivity (Wildman–Crippen MR) is 98.5 cm³/mol. The lowest BCUT2D eigenvalue weighted by molar-refractivity contribution is -0.121. The maximum atomic E-state index is 12.2. The van der Waals surface area contributed by atoms with E-state index in [1.54, 1.807) is 18.5 Å². The molecule has 0 aromatic carbocycles. The van der Waals surface area contributed by atoms with Crippen molar-refractivity contribution in [3.63, 3.8) is 0 Å². The Morgan fingerprint density at radius 3 is 2.96 bits per heavy atom. The molecule has 1 amide bonds. The van der Waals surface area contributed by atoms with Gasteiger partial charge in [-0.3, -0.25) is 9.89 Å². The Morgan fingerprint density at radius 2 is 2.08 bits per heavy atom. The van der Waals surface area contributed by atoms with Crippen molar-refractivity contribution in [1.82, 2.24) is 30.5 Å². The van der Waals surface area contributed by atoms with Gasteiger partial charge in [0.25, 0.3) is 0 Å². The van der Waals surface area contributed by atoms with Crippen molar-refractivity contribution in [1.29, 1.82) is 0 Å². The summed E-state index contributed by atoms with van der Waals surface area (Å²) in [5, 5.41) is 13.1. The molecule has 0 bridgehead atoms. The molecule has 0 atom stereocenters. The molecule has 8 heteroatoms. The molecule has 3 aromatic heterocycles. The average molecular weight is 368 g/mol. The van der Waals surface area contributed by atoms with Gasteiger partial charge < -0.3 is 5.32 Å². The van der Waals surface area contributed by atoms with Crippen LogP contribution in [0, 0.1) is 0 Å². The molecule has 3 heterocycles. The fourth-order valence-electron chi connectivity index (χ4n) is 3.17. The first-order valence-corrected chi connectivity index (χ1v) is 9.71. The number of hydrogen-bond acceptors (Lipinski definition) is 6. The minimum absolute atomic E-state index is 0.0167. The molecular weight excluding hydrogens is 348 g/mol. The molecule has 26 heavy (non-hydrogen) atoms. The first-order valence-electron chi connectivity index (χ1n) is 8.83. The Bertz CT molecular complexity index is 888. The first kappa shape index (κ1) is 16.8. The third-order valence-electron chi connectivity index (χ3n) is 4.51. The van der Waals surface area contributed by atoms with Gasteiger partial charge in [0.15, 0.2) is 10.8 Å². The molecule has 0 saturated carbocycles. The van der Waals surface area contributed by atoms with Crippen LogP contribution in [-0.4, -0.2) is 31.1 Å². The van der Waals surface area contributed by atoms with E-state index >= 15 is 0 Å². The lowest BCUT2D eigenvalue weighted by atomic mass is 9.95. The van der Waals surface area contributed by atoms with Crippen molar-refractivity contribution >= 4 is 17.2 Å². The lowest BCUT2D eigenvalue weighted by Crippen LogP contribution is -2.23. The maximum absolute atomic E-state index is 12.2. The highest BCUT2D eigenvalue weighted by atomic mass is 32.1. The van der Waals surface area contributed by atoms with Crippen LogP contribution in [0.1, 0.15) is 41.9 Å². The summed E-state index contributed by atoms with van der Waals surface area (Å²) < 4.78 is 0. The van der Waals surface area contributed by atoms with Gasteiger partial charge in [-0.2, -0.15) is 5.10 Å². The number of hydrogen-bond donors (Lipinski definition) is 2. The molecule has 134 valence electrons. The normalized spacial score (nSPS) is 13.4. The van der Waals surface area contributed by atoms with Crippen LogP contribution in [0.4, 0.5) is 0 Å². The SMILES string of the molecule is O=C(CCc1n[nH]c2c1CCCC2)NCc1csc(-c2ncccn2)n1. The van der Waals surface area contributed by atoms with E-state index in [4.69, 9.17) is 0 Å². The standard InChI is InChI=1S/C18H20N6OS/c25-16(7-6-15-13-4-1-2-5-14(13)23-24-15)21-10-12-11-26-18(22-12)17-19-8-3-9-20-17/h3,8-9,11H,1-2,4-7,10H2,(H,21,25)(H,23,24). The summed E-state index contributed by atoms with van der Waals surface area (Å²) in [7, 11) is 0. The minimum atomic E-state index is 0.0167. The Hall–Kier alpha value is -2.61. The number of thiazole rings is 1. The van der Waals surface area contributed by atoms with Crippen molar-refractivity contribution < 1.29 is 4.79 Å².